The molecule has 0 spiro atoms. The van der Waals surface area contributed by atoms with E-state index in [9.17, 15) is 19.1 Å². The molecule has 0 aliphatic rings. The molecule has 1 aromatic heterocycles. The van der Waals surface area contributed by atoms with Crippen molar-refractivity contribution in [3.8, 4) is 5.75 Å². The van der Waals surface area contributed by atoms with E-state index < -0.39 is 17.2 Å². The Morgan fingerprint density at radius 3 is 2.74 bits per heavy atom. The van der Waals surface area contributed by atoms with Crippen molar-refractivity contribution in [2.45, 2.75) is 26.4 Å². The number of pyridine rings is 1. The minimum Gasteiger partial charge on any atom is -0.489 e. The summed E-state index contributed by atoms with van der Waals surface area (Å²) in [7, 11) is 0. The molecule has 0 saturated carbocycles. The SMILES string of the molecule is CC(C)Oc1cc(Cc2cccc(Cl)c2F)cc2c(=O)c(C(=O)O)c[nH]c12. The van der Waals surface area contributed by atoms with E-state index in [1.807, 2.05) is 13.8 Å². The molecule has 3 rings (SSSR count). The van der Waals surface area contributed by atoms with Gasteiger partial charge in [-0.25, -0.2) is 9.18 Å². The van der Waals surface area contributed by atoms with Gasteiger partial charge in [0.05, 0.1) is 22.0 Å². The molecule has 140 valence electrons. The molecule has 0 fully saturated rings. The van der Waals surface area contributed by atoms with Crippen molar-refractivity contribution in [2.75, 3.05) is 0 Å². The summed E-state index contributed by atoms with van der Waals surface area (Å²) in [6.45, 7) is 3.66. The van der Waals surface area contributed by atoms with E-state index in [0.717, 1.165) is 6.20 Å². The number of benzene rings is 2. The van der Waals surface area contributed by atoms with Crippen LogP contribution in [-0.4, -0.2) is 22.2 Å². The smallest absolute Gasteiger partial charge is 0.341 e. The first kappa shape index (κ1) is 18.9. The molecule has 0 aliphatic heterocycles. The second-order valence-electron chi connectivity index (χ2n) is 6.41. The highest BCUT2D eigenvalue weighted by atomic mass is 35.5. The lowest BCUT2D eigenvalue weighted by Gasteiger charge is -2.15. The number of fused-ring (bicyclic) bond motifs is 1. The average Bonchev–Trinajstić information content (AvgIpc) is 2.59. The van der Waals surface area contributed by atoms with E-state index in [1.54, 1.807) is 24.3 Å². The van der Waals surface area contributed by atoms with Crippen molar-refractivity contribution in [3.05, 3.63) is 74.3 Å². The molecule has 1 heterocycles. The van der Waals surface area contributed by atoms with Crippen LogP contribution in [0.15, 0.2) is 41.3 Å². The van der Waals surface area contributed by atoms with Crippen LogP contribution in [0.2, 0.25) is 5.02 Å². The number of hydrogen-bond donors (Lipinski definition) is 2. The maximum atomic E-state index is 14.3. The second kappa shape index (κ2) is 7.40. The van der Waals surface area contributed by atoms with Gasteiger partial charge in [0.2, 0.25) is 5.43 Å². The van der Waals surface area contributed by atoms with Crippen LogP contribution in [0.5, 0.6) is 5.75 Å². The summed E-state index contributed by atoms with van der Waals surface area (Å²) in [5.41, 5.74) is 0.367. The minimum atomic E-state index is -1.32. The molecule has 0 saturated heterocycles. The first-order valence-corrected chi connectivity index (χ1v) is 8.67. The van der Waals surface area contributed by atoms with Crippen LogP contribution in [-0.2, 0) is 6.42 Å². The van der Waals surface area contributed by atoms with Gasteiger partial charge in [-0.15, -0.1) is 0 Å². The molecule has 3 aromatic rings. The van der Waals surface area contributed by atoms with Gasteiger partial charge >= 0.3 is 5.97 Å². The number of carboxylic acid groups (broad SMARTS) is 1. The number of aromatic carboxylic acids is 1. The highest BCUT2D eigenvalue weighted by Gasteiger charge is 2.17. The Bertz CT molecular complexity index is 1090. The summed E-state index contributed by atoms with van der Waals surface area (Å²) in [5, 5.41) is 9.38. The number of H-pyrrole nitrogens is 1. The molecule has 0 bridgehead atoms. The Balaban J connectivity index is 2.20. The summed E-state index contributed by atoms with van der Waals surface area (Å²) in [5.74, 6) is -1.46. The van der Waals surface area contributed by atoms with Crippen molar-refractivity contribution in [1.82, 2.24) is 4.98 Å². The van der Waals surface area contributed by atoms with Gasteiger partial charge in [0.1, 0.15) is 17.1 Å². The largest absolute Gasteiger partial charge is 0.489 e. The summed E-state index contributed by atoms with van der Waals surface area (Å²) < 4.78 is 20.0. The predicted octanol–water partition coefficient (Wildman–Crippen LogP) is 4.40. The van der Waals surface area contributed by atoms with Crippen molar-refractivity contribution in [2.24, 2.45) is 0 Å². The molecule has 2 N–H and O–H groups in total. The molecule has 0 radical (unpaired) electrons. The Morgan fingerprint density at radius 2 is 2.07 bits per heavy atom. The maximum absolute atomic E-state index is 14.3. The minimum absolute atomic E-state index is 0.0120. The number of aromatic amines is 1. The zero-order valence-corrected chi connectivity index (χ0v) is 15.4. The first-order chi connectivity index (χ1) is 12.8. The second-order valence-corrected chi connectivity index (χ2v) is 6.82. The number of ether oxygens (including phenoxy) is 1. The van der Waals surface area contributed by atoms with Crippen LogP contribution in [0.25, 0.3) is 10.9 Å². The summed E-state index contributed by atoms with van der Waals surface area (Å²) in [6.07, 6.45) is 1.15. The van der Waals surface area contributed by atoms with E-state index in [2.05, 4.69) is 4.98 Å². The monoisotopic (exact) mass is 389 g/mol. The van der Waals surface area contributed by atoms with Crippen molar-refractivity contribution >= 4 is 28.5 Å². The van der Waals surface area contributed by atoms with Crippen LogP contribution in [0, 0.1) is 5.82 Å². The van der Waals surface area contributed by atoms with Gasteiger partial charge in [-0.05, 0) is 43.2 Å². The van der Waals surface area contributed by atoms with Crippen LogP contribution < -0.4 is 10.2 Å². The quantitative estimate of drug-likeness (QED) is 0.678. The summed E-state index contributed by atoms with van der Waals surface area (Å²) in [6, 6.07) is 7.96. The molecule has 2 aromatic carbocycles. The zero-order chi connectivity index (χ0) is 19.7. The van der Waals surface area contributed by atoms with Crippen molar-refractivity contribution in [1.29, 1.82) is 0 Å². The number of carbonyl (C=O) groups is 1. The van der Waals surface area contributed by atoms with Crippen molar-refractivity contribution in [3.63, 3.8) is 0 Å². The highest BCUT2D eigenvalue weighted by Crippen LogP contribution is 2.28. The van der Waals surface area contributed by atoms with Gasteiger partial charge < -0.3 is 14.8 Å². The van der Waals surface area contributed by atoms with E-state index in [4.69, 9.17) is 16.3 Å². The fraction of sp³-hybridized carbons (Fsp3) is 0.200. The van der Waals surface area contributed by atoms with Crippen LogP contribution in [0.1, 0.15) is 35.3 Å². The normalized spacial score (nSPS) is 11.1. The van der Waals surface area contributed by atoms with E-state index >= 15 is 0 Å². The molecule has 7 heteroatoms. The molecule has 0 aliphatic carbocycles. The predicted molar refractivity (Wildman–Crippen MR) is 102 cm³/mol. The first-order valence-electron chi connectivity index (χ1n) is 8.29. The third kappa shape index (κ3) is 3.80. The summed E-state index contributed by atoms with van der Waals surface area (Å²) in [4.78, 5) is 26.7. The molecule has 0 amide bonds. The van der Waals surface area contributed by atoms with Gasteiger partial charge in [-0.2, -0.15) is 0 Å². The lowest BCUT2D eigenvalue weighted by atomic mass is 10.0. The fourth-order valence-corrected chi connectivity index (χ4v) is 3.06. The molecular weight excluding hydrogens is 373 g/mol. The topological polar surface area (TPSA) is 79.4 Å². The Morgan fingerprint density at radius 1 is 1.33 bits per heavy atom. The molecule has 5 nitrogen and oxygen atoms in total. The Hall–Kier alpha value is -2.86. The van der Waals surface area contributed by atoms with E-state index in [1.165, 1.54) is 6.07 Å². The number of rotatable bonds is 5. The van der Waals surface area contributed by atoms with Gasteiger partial charge in [-0.3, -0.25) is 4.79 Å². The van der Waals surface area contributed by atoms with E-state index in [-0.39, 0.29) is 28.5 Å². The van der Waals surface area contributed by atoms with Crippen LogP contribution in [0.3, 0.4) is 0 Å². The maximum Gasteiger partial charge on any atom is 0.341 e. The Kier molecular flexibility index (Phi) is 5.19. The molecule has 0 atom stereocenters. The van der Waals surface area contributed by atoms with Gasteiger partial charge in [-0.1, -0.05) is 23.7 Å². The lowest BCUT2D eigenvalue weighted by molar-refractivity contribution is 0.0695. The molecule has 27 heavy (non-hydrogen) atoms. The van der Waals surface area contributed by atoms with Gasteiger partial charge in [0, 0.05) is 12.6 Å². The fourth-order valence-electron chi connectivity index (χ4n) is 2.87. The number of nitrogens with one attached hydrogen (secondary N) is 1. The lowest BCUT2D eigenvalue weighted by Crippen LogP contribution is -2.16. The third-order valence-electron chi connectivity index (χ3n) is 4.03. The number of carboxylic acids is 1. The average molecular weight is 390 g/mol. The third-order valence-corrected chi connectivity index (χ3v) is 4.32. The number of hydrogen-bond acceptors (Lipinski definition) is 3. The molecule has 0 unspecified atom stereocenters. The number of halogens is 2. The van der Waals surface area contributed by atoms with Gasteiger partial charge in [0.25, 0.3) is 0 Å². The zero-order valence-electron chi connectivity index (χ0n) is 14.7. The van der Waals surface area contributed by atoms with Crippen LogP contribution >= 0.6 is 11.6 Å². The highest BCUT2D eigenvalue weighted by molar-refractivity contribution is 6.30. The Labute approximate surface area is 159 Å². The van der Waals surface area contributed by atoms with Crippen molar-refractivity contribution < 1.29 is 19.0 Å². The summed E-state index contributed by atoms with van der Waals surface area (Å²) >= 11 is 5.84. The van der Waals surface area contributed by atoms with Crippen LogP contribution in [0.4, 0.5) is 4.39 Å². The molecular formula is C20H17ClFNO4. The number of aromatic nitrogens is 1. The standard InChI is InChI=1S/C20H17ClFNO4/c1-10(2)27-16-8-11(6-12-4-3-5-15(21)17(12)22)7-13-18(16)23-9-14(19(13)24)20(25)26/h3-5,7-10H,6H2,1-2H3,(H,23,24)(H,25,26). The van der Waals surface area contributed by atoms with E-state index in [0.29, 0.717) is 22.4 Å². The van der Waals surface area contributed by atoms with Gasteiger partial charge in [0.15, 0.2) is 0 Å².